The maximum Gasteiger partial charge on any atom is 0.220 e. The molecule has 12 unspecified atom stereocenters. The number of hydrogen-bond acceptors (Lipinski definition) is 13. The fourth-order valence-electron chi connectivity index (χ4n) is 9.45. The average molecular weight is 1160 g/mol. The zero-order valence-electron chi connectivity index (χ0n) is 50.9. The van der Waals surface area contributed by atoms with Gasteiger partial charge in [0.2, 0.25) is 5.91 Å². The molecule has 2 heterocycles. The third-order valence-corrected chi connectivity index (χ3v) is 14.5. The molecule has 2 saturated heterocycles. The highest BCUT2D eigenvalue weighted by atomic mass is 16.7. The van der Waals surface area contributed by atoms with Crippen LogP contribution in [-0.2, 0) is 23.7 Å². The molecule has 0 aliphatic carbocycles. The van der Waals surface area contributed by atoms with E-state index in [1.54, 1.807) is 6.08 Å². The molecular weight excluding hydrogens is 1050 g/mol. The van der Waals surface area contributed by atoms with Gasteiger partial charge in [0.05, 0.1) is 32.0 Å². The largest absolute Gasteiger partial charge is 0.394 e. The molecule has 0 spiro atoms. The van der Waals surface area contributed by atoms with Crippen molar-refractivity contribution in [2.45, 2.75) is 274 Å². The van der Waals surface area contributed by atoms with Crippen LogP contribution in [0.2, 0.25) is 0 Å². The van der Waals surface area contributed by atoms with E-state index in [9.17, 15) is 45.6 Å². The van der Waals surface area contributed by atoms with Crippen molar-refractivity contribution in [3.05, 3.63) is 134 Å². The second kappa shape index (κ2) is 52.5. The summed E-state index contributed by atoms with van der Waals surface area (Å²) in [5.41, 5.74) is 0. The molecule has 0 aromatic heterocycles. The van der Waals surface area contributed by atoms with Gasteiger partial charge in [-0.05, 0) is 109 Å². The van der Waals surface area contributed by atoms with Crippen LogP contribution in [0, 0.1) is 0 Å². The molecule has 1 amide bonds. The van der Waals surface area contributed by atoms with Crippen molar-refractivity contribution in [3.8, 4) is 0 Å². The molecule has 0 bridgehead atoms. The van der Waals surface area contributed by atoms with E-state index in [1.807, 2.05) is 6.08 Å². The third kappa shape index (κ3) is 37.3. The molecule has 2 rings (SSSR count). The number of nitrogens with one attached hydrogen (secondary N) is 1. The number of amides is 1. The van der Waals surface area contributed by atoms with Gasteiger partial charge < -0.3 is 65.1 Å². The quantitative estimate of drug-likeness (QED) is 0.0204. The standard InChI is InChI=1S/C69H113NO13/c1-3-5-7-9-11-13-15-17-19-21-23-24-25-26-27-28-29-30-31-32-33-34-35-37-39-41-43-45-47-49-51-53-61(74)70-57(58(73)52-50-48-46-44-42-40-38-36-22-20-18-16-14-12-10-8-6-4-2)56-80-68-66(79)64(77)67(60(55-72)82-68)83-69-65(78)63(76)62(75)59(54-71)81-69/h5,7,11,13,17,19,22-24,26-27,29-30,32-33,35-37,42,44,50,52,57-60,62-69,71-73,75-79H,3-4,6,8-10,12,14-16,18,20-21,25,28,31,34,38-41,43,45-49,51,53-56H2,1-2H3,(H,70,74)/b7-5-,13-11-,19-17-,24-23-,27-26-,30-29-,33-32-,36-22+,37-35-,44-42+,52-50+. The Bertz CT molecular complexity index is 1900. The second-order valence-electron chi connectivity index (χ2n) is 21.8. The molecule has 12 atom stereocenters. The van der Waals surface area contributed by atoms with Crippen molar-refractivity contribution < 1.29 is 64.6 Å². The summed E-state index contributed by atoms with van der Waals surface area (Å²) in [6.45, 7) is 2.63. The van der Waals surface area contributed by atoms with Crippen LogP contribution in [0.5, 0.6) is 0 Å². The second-order valence-corrected chi connectivity index (χ2v) is 21.8. The Morgan fingerprint density at radius 2 is 0.843 bits per heavy atom. The van der Waals surface area contributed by atoms with Crippen LogP contribution in [-0.4, -0.2) is 140 Å². The van der Waals surface area contributed by atoms with Gasteiger partial charge in [0.1, 0.15) is 48.8 Å². The summed E-state index contributed by atoms with van der Waals surface area (Å²) in [5, 5.41) is 87.2. The number of carbonyl (C=O) groups excluding carboxylic acids is 1. The number of aliphatic hydroxyl groups excluding tert-OH is 8. The van der Waals surface area contributed by atoms with Crippen molar-refractivity contribution in [1.82, 2.24) is 5.32 Å². The highest BCUT2D eigenvalue weighted by molar-refractivity contribution is 5.76. The van der Waals surface area contributed by atoms with Crippen LogP contribution in [0.1, 0.15) is 200 Å². The maximum atomic E-state index is 13.3. The summed E-state index contributed by atoms with van der Waals surface area (Å²) >= 11 is 0. The highest BCUT2D eigenvalue weighted by Gasteiger charge is 2.51. The average Bonchev–Trinajstić information content (AvgIpc) is 3.64. The lowest BCUT2D eigenvalue weighted by molar-refractivity contribution is -0.359. The molecule has 0 aromatic carbocycles. The third-order valence-electron chi connectivity index (χ3n) is 14.5. The lowest BCUT2D eigenvalue weighted by Crippen LogP contribution is -2.65. The Labute approximate surface area is 500 Å². The van der Waals surface area contributed by atoms with Gasteiger partial charge in [0, 0.05) is 6.42 Å². The van der Waals surface area contributed by atoms with Gasteiger partial charge in [0.15, 0.2) is 12.6 Å². The van der Waals surface area contributed by atoms with Crippen LogP contribution >= 0.6 is 0 Å². The summed E-state index contributed by atoms with van der Waals surface area (Å²) in [4.78, 5) is 13.3. The van der Waals surface area contributed by atoms with Crippen LogP contribution in [0.25, 0.3) is 0 Å². The number of allylic oxidation sites excluding steroid dienone is 21. The molecule has 2 fully saturated rings. The first kappa shape index (κ1) is 75.2. The first-order chi connectivity index (χ1) is 40.6. The smallest absolute Gasteiger partial charge is 0.220 e. The van der Waals surface area contributed by atoms with Crippen LogP contribution in [0.4, 0.5) is 0 Å². The maximum absolute atomic E-state index is 13.3. The first-order valence-corrected chi connectivity index (χ1v) is 31.9. The summed E-state index contributed by atoms with van der Waals surface area (Å²) in [7, 11) is 0. The van der Waals surface area contributed by atoms with E-state index < -0.39 is 86.8 Å². The number of unbranched alkanes of at least 4 members (excludes halogenated alkanes) is 16. The topological polar surface area (TPSA) is 228 Å². The van der Waals surface area contributed by atoms with Gasteiger partial charge in [-0.2, -0.15) is 0 Å². The fraction of sp³-hybridized carbons (Fsp3) is 0.667. The van der Waals surface area contributed by atoms with E-state index in [0.717, 1.165) is 116 Å². The minimum Gasteiger partial charge on any atom is -0.394 e. The summed E-state index contributed by atoms with van der Waals surface area (Å²) < 4.78 is 22.8. The van der Waals surface area contributed by atoms with E-state index in [1.165, 1.54) is 51.4 Å². The molecule has 0 saturated carbocycles. The van der Waals surface area contributed by atoms with Gasteiger partial charge in [-0.3, -0.25) is 4.79 Å². The summed E-state index contributed by atoms with van der Waals surface area (Å²) in [6, 6.07) is -0.957. The normalized spacial score (nSPS) is 24.7. The molecule has 2 aliphatic rings. The van der Waals surface area contributed by atoms with Crippen molar-refractivity contribution in [1.29, 1.82) is 0 Å². The molecule has 472 valence electrons. The Morgan fingerprint density at radius 1 is 0.446 bits per heavy atom. The predicted octanol–water partition coefficient (Wildman–Crippen LogP) is 11.9. The zero-order chi connectivity index (χ0) is 60.2. The van der Waals surface area contributed by atoms with Gasteiger partial charge in [-0.15, -0.1) is 0 Å². The zero-order valence-corrected chi connectivity index (χ0v) is 50.9. The Hall–Kier alpha value is -3.87. The molecule has 14 heteroatoms. The molecular formula is C69H113NO13. The van der Waals surface area contributed by atoms with E-state index in [2.05, 4.69) is 141 Å². The molecule has 0 aromatic rings. The molecule has 9 N–H and O–H groups in total. The lowest BCUT2D eigenvalue weighted by atomic mass is 9.97. The minimum absolute atomic E-state index is 0.243. The highest BCUT2D eigenvalue weighted by Crippen LogP contribution is 2.30. The monoisotopic (exact) mass is 1160 g/mol. The number of aliphatic hydroxyl groups is 8. The SMILES string of the molecule is CC/C=C\C/C=C\C/C=C\C/C=C\C/C=C\C/C=C\C/C=C\C/C=C\CCCCCCCCC(=O)NC(COC1OC(CO)C(OC2OC(CO)C(O)C(O)C2O)C(O)C1O)C(O)/C=C/CC/C=C/CC/C=C/CCCCCCCCCC. The van der Waals surface area contributed by atoms with Gasteiger partial charge >= 0.3 is 0 Å². The van der Waals surface area contributed by atoms with Crippen molar-refractivity contribution in [2.24, 2.45) is 0 Å². The molecule has 14 nitrogen and oxygen atoms in total. The number of carbonyl (C=O) groups is 1. The molecule has 83 heavy (non-hydrogen) atoms. The fourth-order valence-corrected chi connectivity index (χ4v) is 9.45. The van der Waals surface area contributed by atoms with E-state index >= 15 is 0 Å². The summed E-state index contributed by atoms with van der Waals surface area (Å²) in [6.07, 6.45) is 60.6. The minimum atomic E-state index is -1.80. The van der Waals surface area contributed by atoms with Crippen LogP contribution in [0.3, 0.4) is 0 Å². The number of hydrogen-bond donors (Lipinski definition) is 9. The van der Waals surface area contributed by atoms with Crippen molar-refractivity contribution >= 4 is 5.91 Å². The van der Waals surface area contributed by atoms with E-state index in [-0.39, 0.29) is 18.9 Å². The van der Waals surface area contributed by atoms with Crippen LogP contribution in [0.15, 0.2) is 134 Å². The van der Waals surface area contributed by atoms with Crippen molar-refractivity contribution in [2.75, 3.05) is 19.8 Å². The van der Waals surface area contributed by atoms with Gasteiger partial charge in [0.25, 0.3) is 0 Å². The number of ether oxygens (including phenoxy) is 4. The Morgan fingerprint density at radius 3 is 1.33 bits per heavy atom. The van der Waals surface area contributed by atoms with Crippen LogP contribution < -0.4 is 5.32 Å². The van der Waals surface area contributed by atoms with E-state index in [0.29, 0.717) is 12.8 Å². The summed E-state index contributed by atoms with van der Waals surface area (Å²) in [5.74, 6) is -0.274. The Balaban J connectivity index is 1.75. The van der Waals surface area contributed by atoms with Gasteiger partial charge in [-0.1, -0.05) is 218 Å². The predicted molar refractivity (Wildman–Crippen MR) is 336 cm³/mol. The first-order valence-electron chi connectivity index (χ1n) is 31.9. The van der Waals surface area contributed by atoms with Gasteiger partial charge in [-0.25, -0.2) is 0 Å². The lowest BCUT2D eigenvalue weighted by Gasteiger charge is -2.46. The van der Waals surface area contributed by atoms with E-state index in [4.69, 9.17) is 18.9 Å². The Kier molecular flexibility index (Phi) is 47.5. The molecule has 2 aliphatic heterocycles. The molecule has 0 radical (unpaired) electrons. The number of rotatable bonds is 49. The van der Waals surface area contributed by atoms with Crippen molar-refractivity contribution in [3.63, 3.8) is 0 Å².